The van der Waals surface area contributed by atoms with Gasteiger partial charge in [-0.1, -0.05) is 194 Å². The van der Waals surface area contributed by atoms with E-state index in [-0.39, 0.29) is 0 Å². The van der Waals surface area contributed by atoms with Crippen molar-refractivity contribution in [3.05, 3.63) is 224 Å². The zero-order valence-corrected chi connectivity index (χ0v) is 32.7. The van der Waals surface area contributed by atoms with Crippen molar-refractivity contribution in [3.8, 4) is 33.4 Å². The van der Waals surface area contributed by atoms with E-state index >= 15 is 0 Å². The first-order valence-electron chi connectivity index (χ1n) is 20.6. The largest absolute Gasteiger partial charge is 0.453 e. The number of benzene rings is 11. The third kappa shape index (κ3) is 5.42. The van der Waals surface area contributed by atoms with Crippen LogP contribution in [0.25, 0.3) is 98.4 Å². The van der Waals surface area contributed by atoms with E-state index in [9.17, 15) is 0 Å². The van der Waals surface area contributed by atoms with E-state index in [2.05, 4.69) is 229 Å². The molecule has 1 aromatic heterocycles. The Labute approximate surface area is 347 Å². The molecule has 2 nitrogen and oxygen atoms in total. The lowest BCUT2D eigenvalue weighted by Gasteiger charge is -2.28. The molecule has 280 valence electrons. The maximum Gasteiger partial charge on any atom is 0.159 e. The molecule has 0 saturated carbocycles. The number of furan rings is 1. The predicted molar refractivity (Wildman–Crippen MR) is 255 cm³/mol. The van der Waals surface area contributed by atoms with Crippen LogP contribution in [0.4, 0.5) is 17.1 Å². The molecular weight excluding hydrogens is 727 g/mol. The van der Waals surface area contributed by atoms with Gasteiger partial charge in [-0.05, 0) is 96.0 Å². The zero-order valence-electron chi connectivity index (χ0n) is 32.7. The smallest absolute Gasteiger partial charge is 0.159 e. The van der Waals surface area contributed by atoms with Gasteiger partial charge < -0.3 is 9.32 Å². The molecule has 11 aromatic carbocycles. The van der Waals surface area contributed by atoms with E-state index in [1.54, 1.807) is 0 Å². The SMILES string of the molecule is c1ccc(-c2cccc3cccc(-c4ccc(N(c5ccc(-c6cccc7ccccc67)c6ccccc56)c5cccc6c5oc5c7ccccc7ccc65)cc4)c23)cc1. The number of hydrogen-bond donors (Lipinski definition) is 0. The highest BCUT2D eigenvalue weighted by molar-refractivity contribution is 6.19. The molecule has 0 N–H and O–H groups in total. The van der Waals surface area contributed by atoms with E-state index < -0.39 is 0 Å². The van der Waals surface area contributed by atoms with Crippen LogP contribution in [0.3, 0.4) is 0 Å². The summed E-state index contributed by atoms with van der Waals surface area (Å²) in [5.74, 6) is 0. The number of hydrogen-bond acceptors (Lipinski definition) is 2. The van der Waals surface area contributed by atoms with E-state index in [0.29, 0.717) is 0 Å². The van der Waals surface area contributed by atoms with Gasteiger partial charge in [0.15, 0.2) is 5.58 Å². The molecule has 0 amide bonds. The van der Waals surface area contributed by atoms with Gasteiger partial charge in [0.05, 0.1) is 11.4 Å². The highest BCUT2D eigenvalue weighted by Gasteiger charge is 2.23. The minimum absolute atomic E-state index is 0.858. The van der Waals surface area contributed by atoms with Crippen LogP contribution in [0.15, 0.2) is 229 Å². The minimum atomic E-state index is 0.858. The summed E-state index contributed by atoms with van der Waals surface area (Å²) in [7, 11) is 0. The normalized spacial score (nSPS) is 11.7. The monoisotopic (exact) mass is 763 g/mol. The van der Waals surface area contributed by atoms with Crippen LogP contribution in [0.2, 0.25) is 0 Å². The predicted octanol–water partition coefficient (Wildman–Crippen LogP) is 16.7. The number of fused-ring (bicyclic) bond motifs is 8. The van der Waals surface area contributed by atoms with Crippen molar-refractivity contribution in [2.45, 2.75) is 0 Å². The Kier molecular flexibility index (Phi) is 7.89. The number of rotatable bonds is 6. The lowest BCUT2D eigenvalue weighted by Crippen LogP contribution is -2.11. The van der Waals surface area contributed by atoms with E-state index in [1.807, 2.05) is 0 Å². The molecular formula is C58H37NO. The molecule has 0 bridgehead atoms. The Morgan fingerprint density at radius 1 is 0.267 bits per heavy atom. The van der Waals surface area contributed by atoms with Gasteiger partial charge in [-0.25, -0.2) is 0 Å². The van der Waals surface area contributed by atoms with Crippen molar-refractivity contribution in [2.24, 2.45) is 0 Å². The molecule has 0 radical (unpaired) electrons. The zero-order chi connectivity index (χ0) is 39.6. The first-order valence-corrected chi connectivity index (χ1v) is 20.6. The maximum atomic E-state index is 7.03. The van der Waals surface area contributed by atoms with Gasteiger partial charge in [-0.15, -0.1) is 0 Å². The second-order valence-electron chi connectivity index (χ2n) is 15.6. The van der Waals surface area contributed by atoms with Crippen molar-refractivity contribution in [3.63, 3.8) is 0 Å². The van der Waals surface area contributed by atoms with Gasteiger partial charge in [-0.2, -0.15) is 0 Å². The molecule has 1 heterocycles. The van der Waals surface area contributed by atoms with Crippen molar-refractivity contribution in [1.29, 1.82) is 0 Å². The summed E-state index contributed by atoms with van der Waals surface area (Å²) in [6.45, 7) is 0. The topological polar surface area (TPSA) is 16.4 Å². The summed E-state index contributed by atoms with van der Waals surface area (Å²) in [5.41, 5.74) is 12.1. The Morgan fingerprint density at radius 2 is 0.800 bits per heavy atom. The Morgan fingerprint density at radius 3 is 1.57 bits per heavy atom. The third-order valence-electron chi connectivity index (χ3n) is 12.3. The molecule has 0 aliphatic carbocycles. The van der Waals surface area contributed by atoms with Gasteiger partial charge in [-0.3, -0.25) is 0 Å². The standard InChI is InChI=1S/C58H37NO/c1-2-14-39(15-3-1)45-25-11-19-42-20-12-26-46(56(42)45)41-30-33-43(34-31-41)59(55-29-13-28-52-53-35-32-40-17-5-7-22-47(40)57(53)60-58(52)55)54-37-36-50(49-23-8-9-24-51(49)54)48-27-10-18-38-16-4-6-21-44(38)48/h1-37H. The molecule has 0 spiro atoms. The average Bonchev–Trinajstić information content (AvgIpc) is 3.72. The van der Waals surface area contributed by atoms with Crippen LogP contribution in [0.5, 0.6) is 0 Å². The van der Waals surface area contributed by atoms with E-state index in [1.165, 1.54) is 54.7 Å². The molecule has 0 aliphatic heterocycles. The molecule has 0 aliphatic rings. The van der Waals surface area contributed by atoms with Crippen LogP contribution >= 0.6 is 0 Å². The van der Waals surface area contributed by atoms with Crippen LogP contribution in [-0.4, -0.2) is 0 Å². The summed E-state index contributed by atoms with van der Waals surface area (Å²) in [6, 6.07) is 81.2. The Bertz CT molecular complexity index is 3590. The van der Waals surface area contributed by atoms with Gasteiger partial charge in [0.1, 0.15) is 5.58 Å². The number of anilines is 3. The molecule has 0 atom stereocenters. The lowest BCUT2D eigenvalue weighted by atomic mass is 9.91. The van der Waals surface area contributed by atoms with Gasteiger partial charge in [0, 0.05) is 27.2 Å². The quantitative estimate of drug-likeness (QED) is 0.168. The first kappa shape index (κ1) is 34.1. The van der Waals surface area contributed by atoms with E-state index in [0.717, 1.165) is 60.7 Å². The van der Waals surface area contributed by atoms with Gasteiger partial charge in [0.2, 0.25) is 0 Å². The highest BCUT2D eigenvalue weighted by atomic mass is 16.3. The fraction of sp³-hybridized carbons (Fsp3) is 0. The fourth-order valence-corrected chi connectivity index (χ4v) is 9.50. The van der Waals surface area contributed by atoms with Crippen molar-refractivity contribution in [2.75, 3.05) is 4.90 Å². The summed E-state index contributed by atoms with van der Waals surface area (Å²) >= 11 is 0. The van der Waals surface area contributed by atoms with Crippen molar-refractivity contribution >= 4 is 82.1 Å². The van der Waals surface area contributed by atoms with E-state index in [4.69, 9.17) is 4.42 Å². The third-order valence-corrected chi connectivity index (χ3v) is 12.3. The fourth-order valence-electron chi connectivity index (χ4n) is 9.50. The Balaban J connectivity index is 1.09. The number of nitrogens with zero attached hydrogens (tertiary/aromatic N) is 1. The molecule has 0 fully saturated rings. The highest BCUT2D eigenvalue weighted by Crippen LogP contribution is 2.48. The lowest BCUT2D eigenvalue weighted by molar-refractivity contribution is 0.673. The van der Waals surface area contributed by atoms with Crippen LogP contribution in [0, 0.1) is 0 Å². The molecule has 0 saturated heterocycles. The van der Waals surface area contributed by atoms with Crippen molar-refractivity contribution in [1.82, 2.24) is 0 Å². The minimum Gasteiger partial charge on any atom is -0.453 e. The molecule has 2 heteroatoms. The summed E-state index contributed by atoms with van der Waals surface area (Å²) in [5, 5.41) is 11.8. The molecule has 0 unspecified atom stereocenters. The summed E-state index contributed by atoms with van der Waals surface area (Å²) in [4.78, 5) is 2.39. The van der Waals surface area contributed by atoms with Crippen LogP contribution in [0.1, 0.15) is 0 Å². The second-order valence-corrected chi connectivity index (χ2v) is 15.6. The molecule has 12 rings (SSSR count). The summed E-state index contributed by atoms with van der Waals surface area (Å²) < 4.78 is 7.03. The second kappa shape index (κ2) is 13.9. The van der Waals surface area contributed by atoms with Crippen molar-refractivity contribution < 1.29 is 4.42 Å². The van der Waals surface area contributed by atoms with Crippen LogP contribution in [-0.2, 0) is 0 Å². The van der Waals surface area contributed by atoms with Gasteiger partial charge >= 0.3 is 0 Å². The first-order chi connectivity index (χ1) is 29.8. The van der Waals surface area contributed by atoms with Crippen LogP contribution < -0.4 is 4.90 Å². The summed E-state index contributed by atoms with van der Waals surface area (Å²) in [6.07, 6.45) is 0. The molecule has 12 aromatic rings. The number of para-hydroxylation sites is 1. The Hall–Kier alpha value is -7.94. The maximum absolute atomic E-state index is 7.03. The van der Waals surface area contributed by atoms with Gasteiger partial charge in [0.25, 0.3) is 0 Å². The molecule has 60 heavy (non-hydrogen) atoms. The average molecular weight is 764 g/mol.